The lowest BCUT2D eigenvalue weighted by atomic mass is 9.97. The van der Waals surface area contributed by atoms with Crippen LogP contribution in [-0.4, -0.2) is 14.5 Å². The van der Waals surface area contributed by atoms with Crippen LogP contribution in [0.15, 0.2) is 192 Å². The van der Waals surface area contributed by atoms with Gasteiger partial charge in [-0.05, 0) is 76.4 Å². The van der Waals surface area contributed by atoms with Gasteiger partial charge in [0.15, 0.2) is 5.82 Å². The van der Waals surface area contributed by atoms with E-state index in [-0.39, 0.29) is 49.5 Å². The Morgan fingerprint density at radius 3 is 1.87 bits per heavy atom. The van der Waals surface area contributed by atoms with E-state index in [0.29, 0.717) is 33.5 Å². The third kappa shape index (κ3) is 4.92. The Bertz CT molecular complexity index is 3940. The summed E-state index contributed by atoms with van der Waals surface area (Å²) in [6, 6.07) is 22.7. The third-order valence-electron chi connectivity index (χ3n) is 9.49. The molecule has 0 radical (unpaired) electrons. The normalized spacial score (nSPS) is 15.3. The number of rotatable bonds is 5. The smallest absolute Gasteiger partial charge is 0.161 e. The highest BCUT2D eigenvalue weighted by atomic mass is 16.3. The maximum atomic E-state index is 9.63. The zero-order valence-electron chi connectivity index (χ0n) is 42.1. The Labute approximate surface area is 330 Å². The van der Waals surface area contributed by atoms with Gasteiger partial charge in [-0.2, -0.15) is 0 Å². The van der Waals surface area contributed by atoms with E-state index in [1.165, 1.54) is 0 Å². The number of fused-ring (bicyclic) bond motifs is 7. The van der Waals surface area contributed by atoms with Crippen LogP contribution < -0.4 is 0 Å². The molecule has 0 fully saturated rings. The van der Waals surface area contributed by atoms with Crippen LogP contribution in [0, 0.1) is 0 Å². The topological polar surface area (TPSA) is 43.9 Å². The molecule has 0 amide bonds. The second kappa shape index (κ2) is 12.1. The van der Waals surface area contributed by atoms with Crippen LogP contribution in [0.25, 0.3) is 105 Å². The molecule has 0 N–H and O–H groups in total. The first-order chi connectivity index (χ1) is 32.6. The summed E-state index contributed by atoms with van der Waals surface area (Å²) >= 11 is 0. The molecule has 3 aromatic heterocycles. The maximum absolute atomic E-state index is 9.63. The Morgan fingerprint density at radius 2 is 1.13 bits per heavy atom. The Morgan fingerprint density at radius 1 is 0.481 bits per heavy atom. The molecular formula is C50H31N3O. The van der Waals surface area contributed by atoms with E-state index in [1.54, 1.807) is 18.2 Å². The van der Waals surface area contributed by atoms with Crippen molar-refractivity contribution >= 4 is 54.5 Å². The van der Waals surface area contributed by atoms with E-state index in [9.17, 15) is 8.22 Å². The molecule has 0 aliphatic carbocycles. The van der Waals surface area contributed by atoms with Gasteiger partial charge < -0.3 is 8.98 Å². The zero-order chi connectivity index (χ0) is 47.8. The van der Waals surface area contributed by atoms with E-state index in [2.05, 4.69) is 0 Å². The van der Waals surface area contributed by atoms with Crippen LogP contribution in [0.2, 0.25) is 0 Å². The van der Waals surface area contributed by atoms with E-state index < -0.39 is 90.3 Å². The summed E-state index contributed by atoms with van der Waals surface area (Å²) in [4.78, 5) is 10.2. The van der Waals surface area contributed by atoms with E-state index in [1.807, 2.05) is 84.9 Å². The van der Waals surface area contributed by atoms with Crippen LogP contribution in [0.1, 0.15) is 19.2 Å². The number of para-hydroxylation sites is 2. The second-order valence-corrected chi connectivity index (χ2v) is 12.7. The summed E-state index contributed by atoms with van der Waals surface area (Å²) in [5, 5.41) is 0.0398. The lowest BCUT2D eigenvalue weighted by molar-refractivity contribution is 0.669. The summed E-state index contributed by atoms with van der Waals surface area (Å²) in [5.74, 6) is 0.286. The molecule has 0 unspecified atom stereocenters. The van der Waals surface area contributed by atoms with Crippen LogP contribution in [0.3, 0.4) is 0 Å². The molecule has 54 heavy (non-hydrogen) atoms. The molecule has 0 aliphatic heterocycles. The van der Waals surface area contributed by atoms with Crippen molar-refractivity contribution in [1.82, 2.24) is 14.5 Å². The standard InChI is InChI=1S/C50H31N3O/c1-3-13-33(14-4-1)43-31-44(34-15-5-2-6-16-34)52-50(51-43)42-28-37(30-48-49(42)40-20-10-12-22-47(40)54-48)32-23-25-38(26-24-32)53-45-21-11-9-19-39(45)41-27-35-17-7-8-18-36(35)29-46(41)53/h1-31H/i7D,8D,9D,11D,17D,18D,19D,21D,23D,24D,25D,26D,27D,29D. The average Bonchev–Trinajstić information content (AvgIpc) is 3.91. The third-order valence-corrected chi connectivity index (χ3v) is 9.49. The van der Waals surface area contributed by atoms with Crippen molar-refractivity contribution in [2.75, 3.05) is 0 Å². The maximum Gasteiger partial charge on any atom is 0.161 e. The van der Waals surface area contributed by atoms with Crippen LogP contribution in [0.4, 0.5) is 0 Å². The minimum Gasteiger partial charge on any atom is -0.456 e. The van der Waals surface area contributed by atoms with Gasteiger partial charge in [0.25, 0.3) is 0 Å². The first kappa shape index (κ1) is 19.5. The number of hydrogen-bond donors (Lipinski definition) is 0. The highest BCUT2D eigenvalue weighted by Crippen LogP contribution is 2.41. The lowest BCUT2D eigenvalue weighted by Crippen LogP contribution is -1.97. The fourth-order valence-corrected chi connectivity index (χ4v) is 7.02. The van der Waals surface area contributed by atoms with Crippen molar-refractivity contribution in [3.63, 3.8) is 0 Å². The van der Waals surface area contributed by atoms with Crippen LogP contribution in [-0.2, 0) is 0 Å². The molecule has 3 heterocycles. The fourth-order valence-electron chi connectivity index (χ4n) is 7.02. The molecule has 0 saturated heterocycles. The molecule has 0 spiro atoms. The molecule has 0 bridgehead atoms. The summed E-state index contributed by atoms with van der Waals surface area (Å²) in [6.07, 6.45) is 0. The lowest BCUT2D eigenvalue weighted by Gasteiger charge is -2.13. The predicted molar refractivity (Wildman–Crippen MR) is 223 cm³/mol. The molecular weight excluding hydrogens is 659 g/mol. The molecule has 0 saturated carbocycles. The first-order valence-electron chi connectivity index (χ1n) is 24.1. The highest BCUT2D eigenvalue weighted by Gasteiger charge is 2.20. The summed E-state index contributed by atoms with van der Waals surface area (Å²) < 4.78 is 134. The van der Waals surface area contributed by atoms with Crippen LogP contribution >= 0.6 is 0 Å². The Hall–Kier alpha value is -7.30. The fraction of sp³-hybridized carbons (Fsp3) is 0. The van der Waals surface area contributed by atoms with Gasteiger partial charge in [0.05, 0.1) is 41.6 Å². The van der Waals surface area contributed by atoms with E-state index in [4.69, 9.17) is 25.4 Å². The number of hydrogen-bond acceptors (Lipinski definition) is 3. The minimum absolute atomic E-state index is 0.163. The summed E-state index contributed by atoms with van der Waals surface area (Å²) in [5.41, 5.74) is 3.01. The van der Waals surface area contributed by atoms with Crippen molar-refractivity contribution < 1.29 is 23.6 Å². The SMILES string of the molecule is [2H]c1c([2H])c(-n2c3c([2H])c([2H])c([2H])c([2H])c3c3c([2H])c4c([2H])c([2H])c([2H])c([2H])c4c([2H])c32)c([2H])c([2H])c1-c1cc(-c2nc(-c3ccccc3)cc(-c3ccccc3)n2)c2c(c1)oc1ccccc12. The number of benzene rings is 8. The zero-order valence-corrected chi connectivity index (χ0v) is 28.1. The van der Waals surface area contributed by atoms with Gasteiger partial charge in [-0.15, -0.1) is 0 Å². The number of nitrogens with zero attached hydrogens (tertiary/aromatic N) is 3. The van der Waals surface area contributed by atoms with Gasteiger partial charge >= 0.3 is 0 Å². The van der Waals surface area contributed by atoms with Crippen molar-refractivity contribution in [1.29, 1.82) is 0 Å². The van der Waals surface area contributed by atoms with Gasteiger partial charge in [0.1, 0.15) is 11.2 Å². The van der Waals surface area contributed by atoms with Crippen molar-refractivity contribution in [3.05, 3.63) is 188 Å². The van der Waals surface area contributed by atoms with Gasteiger partial charge in [-0.1, -0.05) is 133 Å². The highest BCUT2D eigenvalue weighted by molar-refractivity contribution is 6.14. The van der Waals surface area contributed by atoms with E-state index in [0.717, 1.165) is 21.1 Å². The van der Waals surface area contributed by atoms with Crippen molar-refractivity contribution in [2.24, 2.45) is 0 Å². The number of aromatic nitrogens is 3. The van der Waals surface area contributed by atoms with E-state index >= 15 is 0 Å². The molecule has 4 heteroatoms. The monoisotopic (exact) mass is 703 g/mol. The largest absolute Gasteiger partial charge is 0.456 e. The van der Waals surface area contributed by atoms with Gasteiger partial charge in [0, 0.05) is 43.9 Å². The predicted octanol–water partition coefficient (Wildman–Crippen LogP) is 13.3. The Kier molecular flexibility index (Phi) is 4.39. The van der Waals surface area contributed by atoms with Gasteiger partial charge in [-0.25, -0.2) is 9.97 Å². The Balaban J connectivity index is 1.24. The second-order valence-electron chi connectivity index (χ2n) is 12.7. The quantitative estimate of drug-likeness (QED) is 0.179. The first-order valence-corrected chi connectivity index (χ1v) is 17.1. The van der Waals surface area contributed by atoms with Gasteiger partial charge in [-0.3, -0.25) is 0 Å². The molecule has 0 aliphatic rings. The average molecular weight is 704 g/mol. The van der Waals surface area contributed by atoms with Crippen molar-refractivity contribution in [3.8, 4) is 50.7 Å². The van der Waals surface area contributed by atoms with Crippen LogP contribution in [0.5, 0.6) is 0 Å². The molecule has 11 aromatic rings. The number of furan rings is 1. The molecule has 4 nitrogen and oxygen atoms in total. The van der Waals surface area contributed by atoms with Crippen molar-refractivity contribution in [2.45, 2.75) is 0 Å². The molecule has 0 atom stereocenters. The summed E-state index contributed by atoms with van der Waals surface area (Å²) in [6.45, 7) is 0. The summed E-state index contributed by atoms with van der Waals surface area (Å²) in [7, 11) is 0. The molecule has 252 valence electrons. The molecule has 8 aromatic carbocycles. The minimum atomic E-state index is -0.717. The van der Waals surface area contributed by atoms with Gasteiger partial charge in [0.2, 0.25) is 0 Å². The molecule has 11 rings (SSSR count).